The largest absolute Gasteiger partial charge is 0.495 e. The minimum absolute atomic E-state index is 0.162. The summed E-state index contributed by atoms with van der Waals surface area (Å²) < 4.78 is 5.20. The lowest BCUT2D eigenvalue weighted by atomic mass is 10.1. The van der Waals surface area contributed by atoms with E-state index in [9.17, 15) is 9.59 Å². The number of pyridine rings is 1. The first-order valence-corrected chi connectivity index (χ1v) is 8.09. The minimum Gasteiger partial charge on any atom is -0.495 e. The van der Waals surface area contributed by atoms with Crippen LogP contribution in [0.3, 0.4) is 0 Å². The number of ketones is 1. The quantitative estimate of drug-likeness (QED) is 0.558. The molecule has 0 aliphatic rings. The molecule has 0 bridgehead atoms. The SMILES string of the molecule is COc1ccc(C(=O)/C=C/c2ccc3ncccc3c2)cc1NC(C)=O. The maximum absolute atomic E-state index is 12.5. The van der Waals surface area contributed by atoms with Gasteiger partial charge in [-0.05, 0) is 48.0 Å². The van der Waals surface area contributed by atoms with Gasteiger partial charge in [0.05, 0.1) is 18.3 Å². The van der Waals surface area contributed by atoms with E-state index in [4.69, 9.17) is 4.74 Å². The number of nitrogens with zero attached hydrogens (tertiary/aromatic N) is 1. The average Bonchev–Trinajstić information content (AvgIpc) is 2.65. The van der Waals surface area contributed by atoms with Crippen molar-refractivity contribution in [1.29, 1.82) is 0 Å². The number of aromatic nitrogens is 1. The second-order valence-corrected chi connectivity index (χ2v) is 5.75. The number of nitrogens with one attached hydrogen (secondary N) is 1. The summed E-state index contributed by atoms with van der Waals surface area (Å²) in [7, 11) is 1.51. The fraction of sp³-hybridized carbons (Fsp3) is 0.0952. The first-order chi connectivity index (χ1) is 12.6. The lowest BCUT2D eigenvalue weighted by Gasteiger charge is -2.09. The van der Waals surface area contributed by atoms with Crippen LogP contribution < -0.4 is 10.1 Å². The van der Waals surface area contributed by atoms with Crippen molar-refractivity contribution in [2.45, 2.75) is 6.92 Å². The third-order valence-corrected chi connectivity index (χ3v) is 3.85. The molecule has 0 aliphatic carbocycles. The van der Waals surface area contributed by atoms with Crippen molar-refractivity contribution < 1.29 is 14.3 Å². The standard InChI is InChI=1S/C21H18N2O3/c1-14(24)23-19-13-17(7-10-21(19)26-2)20(25)9-6-15-5-8-18-16(12-15)4-3-11-22-18/h3-13H,1-2H3,(H,23,24)/b9-6+. The fourth-order valence-corrected chi connectivity index (χ4v) is 2.61. The Labute approximate surface area is 151 Å². The smallest absolute Gasteiger partial charge is 0.221 e. The van der Waals surface area contributed by atoms with Gasteiger partial charge in [-0.25, -0.2) is 0 Å². The van der Waals surface area contributed by atoms with Gasteiger partial charge in [0.15, 0.2) is 5.78 Å². The van der Waals surface area contributed by atoms with E-state index in [2.05, 4.69) is 10.3 Å². The van der Waals surface area contributed by atoms with Crippen LogP contribution >= 0.6 is 0 Å². The Bertz CT molecular complexity index is 1010. The van der Waals surface area contributed by atoms with Crippen LogP contribution in [0.25, 0.3) is 17.0 Å². The Hall–Kier alpha value is -3.47. The van der Waals surface area contributed by atoms with Crippen LogP contribution in [0.2, 0.25) is 0 Å². The van der Waals surface area contributed by atoms with Crippen molar-refractivity contribution in [3.8, 4) is 5.75 Å². The summed E-state index contributed by atoms with van der Waals surface area (Å²) in [6.07, 6.45) is 5.02. The number of hydrogen-bond acceptors (Lipinski definition) is 4. The van der Waals surface area contributed by atoms with Gasteiger partial charge in [0.2, 0.25) is 5.91 Å². The predicted molar refractivity (Wildman–Crippen MR) is 102 cm³/mol. The molecule has 5 heteroatoms. The third kappa shape index (κ3) is 3.95. The maximum atomic E-state index is 12.5. The zero-order valence-corrected chi connectivity index (χ0v) is 14.5. The van der Waals surface area contributed by atoms with Gasteiger partial charge in [0.25, 0.3) is 0 Å². The molecule has 1 N–H and O–H groups in total. The van der Waals surface area contributed by atoms with E-state index >= 15 is 0 Å². The molecule has 130 valence electrons. The maximum Gasteiger partial charge on any atom is 0.221 e. The zero-order valence-electron chi connectivity index (χ0n) is 14.5. The molecule has 0 atom stereocenters. The second-order valence-electron chi connectivity index (χ2n) is 5.75. The van der Waals surface area contributed by atoms with Crippen molar-refractivity contribution in [1.82, 2.24) is 4.98 Å². The summed E-state index contributed by atoms with van der Waals surface area (Å²) in [6.45, 7) is 1.41. The molecule has 0 fully saturated rings. The van der Waals surface area contributed by atoms with E-state index in [1.807, 2.05) is 30.3 Å². The molecule has 0 radical (unpaired) electrons. The van der Waals surface area contributed by atoms with Crippen LogP contribution in [0.15, 0.2) is 60.8 Å². The predicted octanol–water partition coefficient (Wildman–Crippen LogP) is 4.10. The Kier molecular flexibility index (Phi) is 5.08. The molecule has 1 amide bonds. The normalized spacial score (nSPS) is 10.8. The molecule has 1 aromatic heterocycles. The highest BCUT2D eigenvalue weighted by Crippen LogP contribution is 2.26. The second kappa shape index (κ2) is 7.61. The summed E-state index contributed by atoms with van der Waals surface area (Å²) in [5.74, 6) is 0.113. The molecule has 2 aromatic carbocycles. The Morgan fingerprint density at radius 3 is 2.73 bits per heavy atom. The number of allylic oxidation sites excluding steroid dienone is 1. The number of hydrogen-bond donors (Lipinski definition) is 1. The molecule has 26 heavy (non-hydrogen) atoms. The van der Waals surface area contributed by atoms with Gasteiger partial charge in [-0.1, -0.05) is 18.2 Å². The van der Waals surface area contributed by atoms with Gasteiger partial charge in [-0.2, -0.15) is 0 Å². The summed E-state index contributed by atoms with van der Waals surface area (Å²) in [5, 5.41) is 3.68. The summed E-state index contributed by atoms with van der Waals surface area (Å²) in [5.41, 5.74) is 2.75. The minimum atomic E-state index is -0.229. The number of anilines is 1. The number of benzene rings is 2. The molecule has 1 heterocycles. The van der Waals surface area contributed by atoms with E-state index in [1.165, 1.54) is 20.1 Å². The summed E-state index contributed by atoms with van der Waals surface area (Å²) in [6, 6.07) is 14.6. The number of methoxy groups -OCH3 is 1. The van der Waals surface area contributed by atoms with Gasteiger partial charge >= 0.3 is 0 Å². The van der Waals surface area contributed by atoms with Gasteiger partial charge < -0.3 is 10.1 Å². The number of fused-ring (bicyclic) bond motifs is 1. The van der Waals surface area contributed by atoms with Crippen LogP contribution in [0, 0.1) is 0 Å². The van der Waals surface area contributed by atoms with Gasteiger partial charge in [-0.15, -0.1) is 0 Å². The number of ether oxygens (including phenoxy) is 1. The van der Waals surface area contributed by atoms with Crippen LogP contribution in [0.4, 0.5) is 5.69 Å². The molecule has 3 rings (SSSR count). The van der Waals surface area contributed by atoms with Crippen molar-refractivity contribution in [3.63, 3.8) is 0 Å². The highest BCUT2D eigenvalue weighted by atomic mass is 16.5. The number of carbonyl (C=O) groups excluding carboxylic acids is 2. The highest BCUT2D eigenvalue weighted by molar-refractivity contribution is 6.08. The van der Waals surface area contributed by atoms with Gasteiger partial charge in [-0.3, -0.25) is 14.6 Å². The van der Waals surface area contributed by atoms with Crippen molar-refractivity contribution in [2.24, 2.45) is 0 Å². The number of carbonyl (C=O) groups is 2. The van der Waals surface area contributed by atoms with Crippen molar-refractivity contribution >= 4 is 34.4 Å². The highest BCUT2D eigenvalue weighted by Gasteiger charge is 2.09. The van der Waals surface area contributed by atoms with E-state index in [0.29, 0.717) is 17.0 Å². The molecule has 3 aromatic rings. The molecule has 5 nitrogen and oxygen atoms in total. The molecule has 0 saturated heterocycles. The topological polar surface area (TPSA) is 68.3 Å². The van der Waals surface area contributed by atoms with Crippen LogP contribution in [-0.2, 0) is 4.79 Å². The van der Waals surface area contributed by atoms with E-state index in [-0.39, 0.29) is 11.7 Å². The van der Waals surface area contributed by atoms with E-state index in [0.717, 1.165) is 16.5 Å². The molecular weight excluding hydrogens is 328 g/mol. The molecular formula is C21H18N2O3. The zero-order chi connectivity index (χ0) is 18.5. The van der Waals surface area contributed by atoms with Crippen LogP contribution in [-0.4, -0.2) is 23.8 Å². The Morgan fingerprint density at radius 2 is 1.96 bits per heavy atom. The Morgan fingerprint density at radius 1 is 1.12 bits per heavy atom. The first-order valence-electron chi connectivity index (χ1n) is 8.09. The average molecular weight is 346 g/mol. The third-order valence-electron chi connectivity index (χ3n) is 3.85. The van der Waals surface area contributed by atoms with Crippen molar-refractivity contribution in [3.05, 3.63) is 71.9 Å². The van der Waals surface area contributed by atoms with Gasteiger partial charge in [0, 0.05) is 24.1 Å². The molecule has 0 aliphatic heterocycles. The number of amides is 1. The lowest BCUT2D eigenvalue weighted by molar-refractivity contribution is -0.114. The molecule has 0 spiro atoms. The lowest BCUT2D eigenvalue weighted by Crippen LogP contribution is -2.08. The first kappa shape index (κ1) is 17.4. The monoisotopic (exact) mass is 346 g/mol. The molecule has 0 saturated carbocycles. The summed E-state index contributed by atoms with van der Waals surface area (Å²) >= 11 is 0. The summed E-state index contributed by atoms with van der Waals surface area (Å²) in [4.78, 5) is 28.1. The fourth-order valence-electron chi connectivity index (χ4n) is 2.61. The van der Waals surface area contributed by atoms with E-state index in [1.54, 1.807) is 30.5 Å². The van der Waals surface area contributed by atoms with Gasteiger partial charge in [0.1, 0.15) is 5.75 Å². The Balaban J connectivity index is 1.84. The van der Waals surface area contributed by atoms with Crippen molar-refractivity contribution in [2.75, 3.05) is 12.4 Å². The van der Waals surface area contributed by atoms with E-state index < -0.39 is 0 Å². The van der Waals surface area contributed by atoms with Crippen LogP contribution in [0.5, 0.6) is 5.75 Å². The van der Waals surface area contributed by atoms with Crippen LogP contribution in [0.1, 0.15) is 22.8 Å². The molecule has 0 unspecified atom stereocenters. The number of rotatable bonds is 5.